The number of hydrogen-bond donors (Lipinski definition) is 1. The minimum Gasteiger partial charge on any atom is -0.452 e. The summed E-state index contributed by atoms with van der Waals surface area (Å²) >= 11 is 0. The van der Waals surface area contributed by atoms with Gasteiger partial charge < -0.3 is 10.1 Å². The van der Waals surface area contributed by atoms with E-state index in [0.29, 0.717) is 17.2 Å². The summed E-state index contributed by atoms with van der Waals surface area (Å²) in [5, 5.41) is 3.56. The maximum atomic E-state index is 13.0. The standard InChI is InChI=1S/C25H26N2O3/c1-3-17-9-11-18(12-10-17)26-23(28)15-30-25(29)24-19-6-4-5-7-21(19)27-22-13-8-16(2)14-20(22)24/h4-7,9-12,16H,3,8,13-15H2,1-2H3,(H,26,28). The van der Waals surface area contributed by atoms with Crippen molar-refractivity contribution < 1.29 is 14.3 Å². The number of nitrogens with one attached hydrogen (secondary N) is 1. The van der Waals surface area contributed by atoms with Crippen LogP contribution in [0.25, 0.3) is 10.9 Å². The van der Waals surface area contributed by atoms with Crippen LogP contribution in [0.2, 0.25) is 0 Å². The molecule has 1 N–H and O–H groups in total. The molecule has 1 atom stereocenters. The van der Waals surface area contributed by atoms with Crippen molar-refractivity contribution in [3.05, 3.63) is 70.9 Å². The van der Waals surface area contributed by atoms with Crippen molar-refractivity contribution in [3.8, 4) is 0 Å². The van der Waals surface area contributed by atoms with Crippen LogP contribution < -0.4 is 5.32 Å². The Balaban J connectivity index is 1.52. The van der Waals surface area contributed by atoms with Crippen LogP contribution in [0.3, 0.4) is 0 Å². The van der Waals surface area contributed by atoms with E-state index >= 15 is 0 Å². The van der Waals surface area contributed by atoms with Crippen molar-refractivity contribution in [2.75, 3.05) is 11.9 Å². The lowest BCUT2D eigenvalue weighted by Gasteiger charge is -2.24. The Labute approximate surface area is 176 Å². The zero-order chi connectivity index (χ0) is 21.1. The molecule has 154 valence electrons. The van der Waals surface area contributed by atoms with Gasteiger partial charge in [0.2, 0.25) is 0 Å². The first kappa shape index (κ1) is 20.1. The van der Waals surface area contributed by atoms with Crippen molar-refractivity contribution in [1.82, 2.24) is 4.98 Å². The maximum Gasteiger partial charge on any atom is 0.339 e. The summed E-state index contributed by atoms with van der Waals surface area (Å²) in [6.07, 6.45) is 3.66. The number of carbonyl (C=O) groups excluding carboxylic acids is 2. The smallest absolute Gasteiger partial charge is 0.339 e. The predicted molar refractivity (Wildman–Crippen MR) is 118 cm³/mol. The molecule has 1 amide bonds. The molecule has 0 saturated heterocycles. The fourth-order valence-electron chi connectivity index (χ4n) is 4.02. The molecule has 1 aliphatic carbocycles. The van der Waals surface area contributed by atoms with E-state index in [1.54, 1.807) is 0 Å². The SMILES string of the molecule is CCc1ccc(NC(=O)COC(=O)c2c3c(nc4ccccc24)CCC(C)C3)cc1. The van der Waals surface area contributed by atoms with E-state index in [1.807, 2.05) is 48.5 Å². The summed E-state index contributed by atoms with van der Waals surface area (Å²) < 4.78 is 5.44. The van der Waals surface area contributed by atoms with Crippen LogP contribution in [0.5, 0.6) is 0 Å². The fourth-order valence-corrected chi connectivity index (χ4v) is 4.02. The van der Waals surface area contributed by atoms with Crippen LogP contribution >= 0.6 is 0 Å². The third-order valence-electron chi connectivity index (χ3n) is 5.69. The normalized spacial score (nSPS) is 15.5. The van der Waals surface area contributed by atoms with E-state index in [4.69, 9.17) is 9.72 Å². The number of ether oxygens (including phenoxy) is 1. The number of benzene rings is 2. The number of carbonyl (C=O) groups is 2. The van der Waals surface area contributed by atoms with E-state index in [1.165, 1.54) is 5.56 Å². The Kier molecular flexibility index (Phi) is 5.79. The minimum absolute atomic E-state index is 0.324. The second-order valence-corrected chi connectivity index (χ2v) is 7.95. The van der Waals surface area contributed by atoms with Crippen LogP contribution in [-0.4, -0.2) is 23.5 Å². The number of hydrogen-bond acceptors (Lipinski definition) is 4. The number of aromatic nitrogens is 1. The number of anilines is 1. The molecular weight excluding hydrogens is 376 g/mol. The average molecular weight is 402 g/mol. The quantitative estimate of drug-likeness (QED) is 0.627. The lowest BCUT2D eigenvalue weighted by atomic mass is 9.84. The number of rotatable bonds is 5. The van der Waals surface area contributed by atoms with Crippen molar-refractivity contribution in [3.63, 3.8) is 0 Å². The molecule has 1 aliphatic rings. The molecule has 5 heteroatoms. The maximum absolute atomic E-state index is 13.0. The highest BCUT2D eigenvalue weighted by atomic mass is 16.5. The second kappa shape index (κ2) is 8.66. The number of nitrogens with zero attached hydrogens (tertiary/aromatic N) is 1. The van der Waals surface area contributed by atoms with E-state index < -0.39 is 5.97 Å². The van der Waals surface area contributed by atoms with Gasteiger partial charge in [-0.05, 0) is 60.9 Å². The Morgan fingerprint density at radius 3 is 2.67 bits per heavy atom. The first-order valence-electron chi connectivity index (χ1n) is 10.5. The highest BCUT2D eigenvalue weighted by molar-refractivity contribution is 6.06. The van der Waals surface area contributed by atoms with E-state index in [-0.39, 0.29) is 12.5 Å². The van der Waals surface area contributed by atoms with Crippen molar-refractivity contribution in [2.24, 2.45) is 5.92 Å². The van der Waals surface area contributed by atoms with Gasteiger partial charge in [0, 0.05) is 16.8 Å². The lowest BCUT2D eigenvalue weighted by molar-refractivity contribution is -0.119. The Bertz CT molecular complexity index is 1090. The number of amides is 1. The molecule has 0 spiro atoms. The summed E-state index contributed by atoms with van der Waals surface area (Å²) in [6.45, 7) is 3.94. The third-order valence-corrected chi connectivity index (χ3v) is 5.69. The number of pyridine rings is 1. The molecule has 1 aromatic heterocycles. The predicted octanol–water partition coefficient (Wildman–Crippen LogP) is 4.72. The van der Waals surface area contributed by atoms with Gasteiger partial charge in [0.25, 0.3) is 5.91 Å². The highest BCUT2D eigenvalue weighted by Gasteiger charge is 2.26. The van der Waals surface area contributed by atoms with Crippen LogP contribution in [0.15, 0.2) is 48.5 Å². The van der Waals surface area contributed by atoms with Crippen molar-refractivity contribution in [1.29, 1.82) is 0 Å². The first-order valence-corrected chi connectivity index (χ1v) is 10.5. The molecule has 5 nitrogen and oxygen atoms in total. The van der Waals surface area contributed by atoms with Crippen LogP contribution in [0, 0.1) is 5.92 Å². The zero-order valence-corrected chi connectivity index (χ0v) is 17.4. The second-order valence-electron chi connectivity index (χ2n) is 7.95. The molecule has 4 rings (SSSR count). The fraction of sp³-hybridized carbons (Fsp3) is 0.320. The van der Waals surface area contributed by atoms with Gasteiger partial charge in [-0.2, -0.15) is 0 Å². The molecule has 0 aliphatic heterocycles. The molecule has 3 aromatic rings. The Morgan fingerprint density at radius 2 is 1.90 bits per heavy atom. The van der Waals surface area contributed by atoms with Gasteiger partial charge in [-0.3, -0.25) is 9.78 Å². The Hall–Kier alpha value is -3.21. The molecule has 30 heavy (non-hydrogen) atoms. The highest BCUT2D eigenvalue weighted by Crippen LogP contribution is 2.32. The van der Waals surface area contributed by atoms with Crippen LogP contribution in [0.1, 0.15) is 47.4 Å². The van der Waals surface area contributed by atoms with Gasteiger partial charge >= 0.3 is 5.97 Å². The van der Waals surface area contributed by atoms with Crippen LogP contribution in [0.4, 0.5) is 5.69 Å². The Morgan fingerprint density at radius 1 is 1.13 bits per heavy atom. The molecular formula is C25H26N2O3. The molecule has 0 radical (unpaired) electrons. The summed E-state index contributed by atoms with van der Waals surface area (Å²) in [5.74, 6) is -0.329. The van der Waals surface area contributed by atoms with Gasteiger partial charge in [-0.25, -0.2) is 4.79 Å². The lowest BCUT2D eigenvalue weighted by Crippen LogP contribution is -2.23. The molecule has 2 aromatic carbocycles. The van der Waals surface area contributed by atoms with E-state index in [9.17, 15) is 9.59 Å². The monoisotopic (exact) mass is 402 g/mol. The molecule has 1 heterocycles. The number of para-hydroxylation sites is 1. The largest absolute Gasteiger partial charge is 0.452 e. The summed E-state index contributed by atoms with van der Waals surface area (Å²) in [5.41, 5.74) is 5.17. The number of fused-ring (bicyclic) bond motifs is 2. The zero-order valence-electron chi connectivity index (χ0n) is 17.4. The number of aryl methyl sites for hydroxylation is 2. The average Bonchev–Trinajstić information content (AvgIpc) is 2.76. The van der Waals surface area contributed by atoms with Crippen molar-refractivity contribution in [2.45, 2.75) is 39.5 Å². The summed E-state index contributed by atoms with van der Waals surface area (Å²) in [4.78, 5) is 30.1. The molecule has 1 unspecified atom stereocenters. The van der Waals surface area contributed by atoms with Gasteiger partial charge in [0.15, 0.2) is 6.61 Å². The summed E-state index contributed by atoms with van der Waals surface area (Å²) in [7, 11) is 0. The molecule has 0 bridgehead atoms. The summed E-state index contributed by atoms with van der Waals surface area (Å²) in [6, 6.07) is 15.3. The van der Waals surface area contributed by atoms with Crippen molar-refractivity contribution >= 4 is 28.5 Å². The van der Waals surface area contributed by atoms with Gasteiger partial charge in [0.05, 0.1) is 11.1 Å². The van der Waals surface area contributed by atoms with Crippen LogP contribution in [-0.2, 0) is 28.8 Å². The van der Waals surface area contributed by atoms with Gasteiger partial charge in [-0.1, -0.05) is 44.2 Å². The topological polar surface area (TPSA) is 68.3 Å². The van der Waals surface area contributed by atoms with Gasteiger partial charge in [0.1, 0.15) is 0 Å². The van der Waals surface area contributed by atoms with Gasteiger partial charge in [-0.15, -0.1) is 0 Å². The number of esters is 1. The van der Waals surface area contributed by atoms with E-state index in [2.05, 4.69) is 19.2 Å². The molecule has 0 saturated carbocycles. The first-order chi connectivity index (χ1) is 14.5. The minimum atomic E-state index is -0.463. The molecule has 0 fully saturated rings. The van der Waals surface area contributed by atoms with E-state index in [0.717, 1.165) is 47.8 Å². The third kappa shape index (κ3) is 4.20.